The Balaban J connectivity index is 1.63. The van der Waals surface area contributed by atoms with Crippen LogP contribution in [0, 0.1) is 44.8 Å². The molecule has 0 aromatic carbocycles. The molecule has 3 saturated carbocycles. The highest BCUT2D eigenvalue weighted by atomic mass is 32.3. The van der Waals surface area contributed by atoms with Crippen LogP contribution in [-0.4, -0.2) is 19.1 Å². The van der Waals surface area contributed by atoms with Crippen LogP contribution in [0.4, 0.5) is 0 Å². The molecule has 0 heterocycles. The van der Waals surface area contributed by atoms with E-state index in [0.717, 1.165) is 30.6 Å². The van der Waals surface area contributed by atoms with Crippen molar-refractivity contribution < 1.29 is 17.2 Å². The third-order valence-corrected chi connectivity index (χ3v) is 13.6. The second kappa shape index (κ2) is 8.83. The molecule has 0 amide bonds. The van der Waals surface area contributed by atoms with E-state index in [4.69, 9.17) is 4.18 Å². The molecule has 0 aromatic rings. The van der Waals surface area contributed by atoms with Gasteiger partial charge in [0.25, 0.3) is 0 Å². The highest BCUT2D eigenvalue weighted by molar-refractivity contribution is 7.80. The maximum Gasteiger partial charge on any atom is 0.397 e. The fraction of sp³-hybridized carbons (Fsp3) is 0.933. The van der Waals surface area contributed by atoms with Crippen LogP contribution in [-0.2, 0) is 14.6 Å². The second-order valence-electron chi connectivity index (χ2n) is 14.5. The van der Waals surface area contributed by atoms with Gasteiger partial charge in [-0.25, -0.2) is 4.18 Å². The first kappa shape index (κ1) is 27.6. The fourth-order valence-electron chi connectivity index (χ4n) is 10.2. The average molecular weight is 509 g/mol. The van der Waals surface area contributed by atoms with Crippen LogP contribution in [0.25, 0.3) is 0 Å². The quantitative estimate of drug-likeness (QED) is 0.277. The number of hydrogen-bond acceptors (Lipinski definition) is 3. The van der Waals surface area contributed by atoms with E-state index in [0.29, 0.717) is 18.3 Å². The van der Waals surface area contributed by atoms with E-state index in [-0.39, 0.29) is 21.7 Å². The molecule has 4 aliphatic rings. The van der Waals surface area contributed by atoms with Gasteiger partial charge in [0.15, 0.2) is 0 Å². The highest BCUT2D eigenvalue weighted by Crippen LogP contribution is 2.81. The first-order chi connectivity index (χ1) is 16.0. The number of allylic oxidation sites excluding steroid dienone is 1. The molecule has 4 aliphatic carbocycles. The SMILES string of the molecule is CC(C)CCC[C@@H](C)[C@H]1CC[C@@]2(C)[C@]3(C)CC=C4C[C@H](OS(=O)(=O)O)CC[C@]4(C)[C@@]3(C)CC[C@]12C. The second-order valence-corrected chi connectivity index (χ2v) is 15.6. The molecule has 8 atom stereocenters. The lowest BCUT2D eigenvalue weighted by Crippen LogP contribution is -2.66. The van der Waals surface area contributed by atoms with Gasteiger partial charge in [0.2, 0.25) is 0 Å². The van der Waals surface area contributed by atoms with Crippen molar-refractivity contribution in [2.24, 2.45) is 44.8 Å². The summed E-state index contributed by atoms with van der Waals surface area (Å²) in [7, 11) is -4.41. The predicted molar refractivity (Wildman–Crippen MR) is 143 cm³/mol. The Bertz CT molecular complexity index is 955. The van der Waals surface area contributed by atoms with Gasteiger partial charge in [0, 0.05) is 0 Å². The van der Waals surface area contributed by atoms with E-state index in [2.05, 4.69) is 61.5 Å². The van der Waals surface area contributed by atoms with Crippen LogP contribution in [0.1, 0.15) is 126 Å². The van der Waals surface area contributed by atoms with E-state index in [9.17, 15) is 13.0 Å². The molecule has 4 nitrogen and oxygen atoms in total. The molecule has 0 aliphatic heterocycles. The van der Waals surface area contributed by atoms with Gasteiger partial charge in [-0.15, -0.1) is 0 Å². The molecule has 3 fully saturated rings. The Morgan fingerprint density at radius 3 is 2.26 bits per heavy atom. The lowest BCUT2D eigenvalue weighted by atomic mass is 9.31. The minimum Gasteiger partial charge on any atom is -0.264 e. The number of fused-ring (bicyclic) bond motifs is 5. The summed E-state index contributed by atoms with van der Waals surface area (Å²) < 4.78 is 37.1. The van der Waals surface area contributed by atoms with Crippen molar-refractivity contribution in [3.05, 3.63) is 11.6 Å². The van der Waals surface area contributed by atoms with E-state index in [1.165, 1.54) is 50.5 Å². The molecule has 1 N–H and O–H groups in total. The van der Waals surface area contributed by atoms with Crippen LogP contribution in [0.2, 0.25) is 0 Å². The summed E-state index contributed by atoms with van der Waals surface area (Å²) in [6.45, 7) is 20.1. The van der Waals surface area contributed by atoms with Crippen molar-refractivity contribution in [1.29, 1.82) is 0 Å². The lowest BCUT2D eigenvalue weighted by molar-refractivity contribution is -0.222. The third-order valence-electron chi connectivity index (χ3n) is 13.1. The van der Waals surface area contributed by atoms with Gasteiger partial charge in [0.1, 0.15) is 0 Å². The normalized spacial score (nSPS) is 46.5. The largest absolute Gasteiger partial charge is 0.397 e. The van der Waals surface area contributed by atoms with Gasteiger partial charge >= 0.3 is 10.4 Å². The fourth-order valence-corrected chi connectivity index (χ4v) is 10.7. The number of hydrogen-bond donors (Lipinski definition) is 1. The highest BCUT2D eigenvalue weighted by Gasteiger charge is 2.73. The Morgan fingerprint density at radius 2 is 1.63 bits per heavy atom. The Kier molecular flexibility index (Phi) is 6.98. The van der Waals surface area contributed by atoms with Crippen molar-refractivity contribution in [3.63, 3.8) is 0 Å². The molecule has 0 unspecified atom stereocenters. The zero-order valence-corrected chi connectivity index (χ0v) is 24.6. The van der Waals surface area contributed by atoms with Crippen molar-refractivity contribution >= 4 is 10.4 Å². The molecule has 5 heteroatoms. The monoisotopic (exact) mass is 508 g/mol. The Morgan fingerprint density at radius 1 is 0.943 bits per heavy atom. The molecule has 0 saturated heterocycles. The Hall–Kier alpha value is -0.390. The average Bonchev–Trinajstić information content (AvgIpc) is 3.02. The van der Waals surface area contributed by atoms with Crippen LogP contribution >= 0.6 is 0 Å². The summed E-state index contributed by atoms with van der Waals surface area (Å²) in [4.78, 5) is 0. The first-order valence-electron chi connectivity index (χ1n) is 14.4. The Labute approximate surface area is 216 Å². The standard InChI is InChI=1S/C30H52O4S/c1-21(2)10-9-11-22(3)25-14-17-28(6)27(25,5)18-19-29(7)26(4)15-13-24(34-35(31,32)33)20-23(26)12-16-30(28,29)8/h12,21-22,24-25H,9-11,13-20H2,1-8H3,(H,31,32,33)/t22-,24-,25-,26+,27-,28-,29-,30+/m1/s1. The molecule has 4 rings (SSSR count). The zero-order valence-electron chi connectivity index (χ0n) is 23.7. The summed E-state index contributed by atoms with van der Waals surface area (Å²) in [5.74, 6) is 2.38. The summed E-state index contributed by atoms with van der Waals surface area (Å²) in [6.07, 6.45) is 14.6. The molecule has 0 bridgehead atoms. The summed E-state index contributed by atoms with van der Waals surface area (Å²) >= 11 is 0. The van der Waals surface area contributed by atoms with Crippen molar-refractivity contribution in [1.82, 2.24) is 0 Å². The molecule has 0 aromatic heterocycles. The summed E-state index contributed by atoms with van der Waals surface area (Å²) in [6, 6.07) is 0. The van der Waals surface area contributed by atoms with Crippen molar-refractivity contribution in [3.8, 4) is 0 Å². The smallest absolute Gasteiger partial charge is 0.264 e. The molecular weight excluding hydrogens is 456 g/mol. The van der Waals surface area contributed by atoms with Crippen LogP contribution in [0.15, 0.2) is 11.6 Å². The van der Waals surface area contributed by atoms with E-state index >= 15 is 0 Å². The summed E-state index contributed by atoms with van der Waals surface area (Å²) in [5, 5.41) is 0. The maximum absolute atomic E-state index is 11.4. The van der Waals surface area contributed by atoms with Crippen LogP contribution in [0.3, 0.4) is 0 Å². The van der Waals surface area contributed by atoms with Crippen LogP contribution < -0.4 is 0 Å². The van der Waals surface area contributed by atoms with Gasteiger partial charge < -0.3 is 0 Å². The third kappa shape index (κ3) is 4.00. The van der Waals surface area contributed by atoms with Gasteiger partial charge in [-0.1, -0.05) is 86.3 Å². The molecular formula is C30H52O4S. The number of rotatable bonds is 7. The van der Waals surface area contributed by atoms with Crippen molar-refractivity contribution in [2.45, 2.75) is 132 Å². The first-order valence-corrected chi connectivity index (χ1v) is 15.7. The maximum atomic E-state index is 11.4. The topological polar surface area (TPSA) is 63.6 Å². The minimum atomic E-state index is -4.41. The van der Waals surface area contributed by atoms with E-state index in [1.54, 1.807) is 0 Å². The van der Waals surface area contributed by atoms with Gasteiger partial charge in [-0.3, -0.25) is 4.55 Å². The van der Waals surface area contributed by atoms with E-state index in [1.807, 2.05) is 0 Å². The van der Waals surface area contributed by atoms with Crippen molar-refractivity contribution in [2.75, 3.05) is 0 Å². The zero-order chi connectivity index (χ0) is 26.1. The summed E-state index contributed by atoms with van der Waals surface area (Å²) in [5.41, 5.74) is 2.43. The molecule has 202 valence electrons. The van der Waals surface area contributed by atoms with Gasteiger partial charge in [-0.2, -0.15) is 8.42 Å². The van der Waals surface area contributed by atoms with Gasteiger partial charge in [-0.05, 0) is 96.2 Å². The molecule has 35 heavy (non-hydrogen) atoms. The molecule has 0 radical (unpaired) electrons. The minimum absolute atomic E-state index is 0.0460. The van der Waals surface area contributed by atoms with Gasteiger partial charge in [0.05, 0.1) is 6.10 Å². The van der Waals surface area contributed by atoms with Crippen LogP contribution in [0.5, 0.6) is 0 Å². The predicted octanol–water partition coefficient (Wildman–Crippen LogP) is 8.39. The lowest BCUT2D eigenvalue weighted by Gasteiger charge is -2.73. The molecule has 0 spiro atoms. The van der Waals surface area contributed by atoms with E-state index < -0.39 is 16.5 Å².